The first-order chi connectivity index (χ1) is 7.85. The molecule has 0 unspecified atom stereocenters. The van der Waals surface area contributed by atoms with Crippen LogP contribution in [0.25, 0.3) is 5.70 Å². The molecule has 0 bridgehead atoms. The van der Waals surface area contributed by atoms with Crippen LogP contribution >= 0.6 is 11.9 Å². The topological polar surface area (TPSA) is 3.24 Å². The zero-order chi connectivity index (χ0) is 13.1. The predicted octanol–water partition coefficient (Wildman–Crippen LogP) is 4.58. The number of hydrogen-bond donors (Lipinski definition) is 0. The van der Waals surface area contributed by atoms with Crippen molar-refractivity contribution in [3.05, 3.63) is 54.8 Å². The molecule has 5 heteroatoms. The van der Waals surface area contributed by atoms with Crippen LogP contribution in [0, 0.1) is 6.92 Å². The van der Waals surface area contributed by atoms with Crippen LogP contribution in [0.1, 0.15) is 11.1 Å². The zero-order valence-corrected chi connectivity index (χ0v) is 10.1. The Labute approximate surface area is 103 Å². The van der Waals surface area contributed by atoms with Crippen molar-refractivity contribution in [2.75, 3.05) is 0 Å². The van der Waals surface area contributed by atoms with Gasteiger partial charge in [-0.1, -0.05) is 37.4 Å². The Bertz CT molecular complexity index is 426. The van der Waals surface area contributed by atoms with Gasteiger partial charge in [0.25, 0.3) is 0 Å². The molecule has 17 heavy (non-hydrogen) atoms. The van der Waals surface area contributed by atoms with Crippen molar-refractivity contribution in [3.8, 4) is 0 Å². The first-order valence-corrected chi connectivity index (χ1v) is 5.55. The molecule has 0 aliphatic rings. The van der Waals surface area contributed by atoms with E-state index in [2.05, 4.69) is 13.2 Å². The summed E-state index contributed by atoms with van der Waals surface area (Å²) >= 11 is -0.271. The highest BCUT2D eigenvalue weighted by atomic mass is 32.2. The van der Waals surface area contributed by atoms with E-state index in [1.165, 1.54) is 0 Å². The van der Waals surface area contributed by atoms with Gasteiger partial charge in [-0.25, -0.2) is 0 Å². The summed E-state index contributed by atoms with van der Waals surface area (Å²) < 4.78 is 37.8. The average molecular weight is 259 g/mol. The number of benzene rings is 1. The molecule has 0 saturated heterocycles. The second kappa shape index (κ2) is 5.31. The van der Waals surface area contributed by atoms with Gasteiger partial charge in [-0.05, 0) is 12.5 Å². The Morgan fingerprint density at radius 3 is 2.41 bits per heavy atom. The molecule has 0 atom stereocenters. The Hall–Kier alpha value is -1.36. The van der Waals surface area contributed by atoms with Crippen LogP contribution < -0.4 is 0 Å². The Kier molecular flexibility index (Phi) is 4.28. The highest BCUT2D eigenvalue weighted by Crippen LogP contribution is 2.38. The minimum Gasteiger partial charge on any atom is -0.285 e. The van der Waals surface area contributed by atoms with Crippen LogP contribution in [0.4, 0.5) is 13.2 Å². The third-order valence-corrected chi connectivity index (χ3v) is 2.86. The van der Waals surface area contributed by atoms with Gasteiger partial charge in [0.2, 0.25) is 0 Å². The molecule has 0 heterocycles. The number of nitrogens with zero attached hydrogens (tertiary/aromatic N) is 1. The maximum atomic E-state index is 12.3. The average Bonchev–Trinajstić information content (AvgIpc) is 2.24. The van der Waals surface area contributed by atoms with Gasteiger partial charge >= 0.3 is 5.51 Å². The number of rotatable bonds is 4. The van der Waals surface area contributed by atoms with E-state index in [0.29, 0.717) is 5.56 Å². The van der Waals surface area contributed by atoms with Gasteiger partial charge in [0.05, 0.1) is 17.6 Å². The maximum Gasteiger partial charge on any atom is 0.462 e. The van der Waals surface area contributed by atoms with E-state index in [9.17, 15) is 13.2 Å². The normalized spacial score (nSPS) is 11.1. The highest BCUT2D eigenvalue weighted by molar-refractivity contribution is 7.98. The summed E-state index contributed by atoms with van der Waals surface area (Å²) in [4.78, 5) is 0. The van der Waals surface area contributed by atoms with Crippen LogP contribution in [-0.2, 0) is 0 Å². The quantitative estimate of drug-likeness (QED) is 0.728. The van der Waals surface area contributed by atoms with Crippen LogP contribution in [0.5, 0.6) is 0 Å². The predicted molar refractivity (Wildman–Crippen MR) is 65.9 cm³/mol. The lowest BCUT2D eigenvalue weighted by Gasteiger charge is -2.23. The minimum atomic E-state index is -4.36. The lowest BCUT2D eigenvalue weighted by molar-refractivity contribution is -0.0347. The Morgan fingerprint density at radius 1 is 1.35 bits per heavy atom. The van der Waals surface area contributed by atoms with E-state index < -0.39 is 5.51 Å². The molecule has 0 amide bonds. The third kappa shape index (κ3) is 3.85. The lowest BCUT2D eigenvalue weighted by atomic mass is 10.1. The molecule has 0 fully saturated rings. The molecule has 0 saturated carbocycles. The molecule has 0 spiro atoms. The van der Waals surface area contributed by atoms with E-state index in [-0.39, 0.29) is 17.6 Å². The van der Waals surface area contributed by atoms with Crippen molar-refractivity contribution in [1.29, 1.82) is 0 Å². The van der Waals surface area contributed by atoms with Crippen LogP contribution in [-0.4, -0.2) is 9.81 Å². The fourth-order valence-corrected chi connectivity index (χ4v) is 1.84. The van der Waals surface area contributed by atoms with Gasteiger partial charge in [0.1, 0.15) is 0 Å². The number of aryl methyl sites for hydroxylation is 1. The summed E-state index contributed by atoms with van der Waals surface area (Å²) in [5.41, 5.74) is -2.56. The van der Waals surface area contributed by atoms with Crippen LogP contribution in [0.3, 0.4) is 0 Å². The van der Waals surface area contributed by atoms with Gasteiger partial charge in [0.15, 0.2) is 0 Å². The molecule has 1 aromatic rings. The molecule has 1 rings (SSSR count). The summed E-state index contributed by atoms with van der Waals surface area (Å²) in [6.07, 6.45) is 1.10. The molecular weight excluding hydrogens is 247 g/mol. The number of hydrogen-bond acceptors (Lipinski definition) is 2. The molecule has 1 aromatic carbocycles. The smallest absolute Gasteiger partial charge is 0.285 e. The van der Waals surface area contributed by atoms with Crippen LogP contribution in [0.15, 0.2) is 43.6 Å². The summed E-state index contributed by atoms with van der Waals surface area (Å²) in [7, 11) is 0. The fourth-order valence-electron chi connectivity index (χ4n) is 1.33. The third-order valence-electron chi connectivity index (χ3n) is 2.09. The van der Waals surface area contributed by atoms with Crippen molar-refractivity contribution < 1.29 is 13.2 Å². The first kappa shape index (κ1) is 13.7. The number of halogens is 3. The van der Waals surface area contributed by atoms with Crippen molar-refractivity contribution in [2.45, 2.75) is 12.4 Å². The van der Waals surface area contributed by atoms with Crippen molar-refractivity contribution >= 4 is 17.6 Å². The molecule has 0 radical (unpaired) electrons. The van der Waals surface area contributed by atoms with Crippen molar-refractivity contribution in [3.63, 3.8) is 0 Å². The summed E-state index contributed by atoms with van der Waals surface area (Å²) in [6.45, 7) is 8.86. The Balaban J connectivity index is 2.95. The van der Waals surface area contributed by atoms with E-state index in [4.69, 9.17) is 0 Å². The summed E-state index contributed by atoms with van der Waals surface area (Å²) in [6, 6.07) is 7.12. The molecular formula is C12H12F3NS. The van der Waals surface area contributed by atoms with Crippen LogP contribution in [0.2, 0.25) is 0 Å². The highest BCUT2D eigenvalue weighted by Gasteiger charge is 2.32. The van der Waals surface area contributed by atoms with Gasteiger partial charge in [-0.15, -0.1) is 0 Å². The van der Waals surface area contributed by atoms with Gasteiger partial charge < -0.3 is 0 Å². The maximum absolute atomic E-state index is 12.3. The van der Waals surface area contributed by atoms with Crippen molar-refractivity contribution in [2.24, 2.45) is 0 Å². The monoisotopic (exact) mass is 259 g/mol. The second-order valence-corrected chi connectivity index (χ2v) is 4.35. The largest absolute Gasteiger partial charge is 0.462 e. The summed E-state index contributed by atoms with van der Waals surface area (Å²) in [5, 5.41) is 0. The minimum absolute atomic E-state index is 0.264. The van der Waals surface area contributed by atoms with Gasteiger partial charge in [0, 0.05) is 11.8 Å². The standard InChI is InChI=1S/C12H12F3NS/c1-4-16(17-12(13,14)15)10(3)11-8-6-5-7-9(11)2/h4-8H,1,3H2,2H3. The molecule has 0 aromatic heterocycles. The number of alkyl halides is 3. The van der Waals surface area contributed by atoms with E-state index in [1.807, 2.05) is 19.1 Å². The lowest BCUT2D eigenvalue weighted by Crippen LogP contribution is -2.14. The molecule has 0 N–H and O–H groups in total. The van der Waals surface area contributed by atoms with E-state index >= 15 is 0 Å². The molecule has 0 aliphatic heterocycles. The molecule has 0 aliphatic carbocycles. The second-order valence-electron chi connectivity index (χ2n) is 3.31. The van der Waals surface area contributed by atoms with E-state index in [0.717, 1.165) is 16.1 Å². The Morgan fingerprint density at radius 2 is 1.94 bits per heavy atom. The molecule has 1 nitrogen and oxygen atoms in total. The SMILES string of the molecule is C=CN(SC(F)(F)F)C(=C)c1ccccc1C. The van der Waals surface area contributed by atoms with Gasteiger partial charge in [-0.3, -0.25) is 4.31 Å². The van der Waals surface area contributed by atoms with Gasteiger partial charge in [-0.2, -0.15) is 13.2 Å². The van der Waals surface area contributed by atoms with E-state index in [1.54, 1.807) is 12.1 Å². The zero-order valence-electron chi connectivity index (χ0n) is 9.29. The first-order valence-electron chi connectivity index (χ1n) is 4.77. The summed E-state index contributed by atoms with van der Waals surface area (Å²) in [5.74, 6) is 0. The molecule has 92 valence electrons. The van der Waals surface area contributed by atoms with Crippen molar-refractivity contribution in [1.82, 2.24) is 4.31 Å². The fraction of sp³-hybridized carbons (Fsp3) is 0.167.